The number of nitrogens with two attached hydrogens (primary N) is 1. The molecule has 2 N–H and O–H groups in total. The molecule has 0 spiro atoms. The molecule has 0 aromatic carbocycles. The van der Waals surface area contributed by atoms with E-state index in [0.29, 0.717) is 0 Å². The molecule has 0 radical (unpaired) electrons. The van der Waals surface area contributed by atoms with Crippen molar-refractivity contribution in [3.05, 3.63) is 26.1 Å². The molecule has 0 saturated carbocycles. The zero-order valence-corrected chi connectivity index (χ0v) is 11.1. The third kappa shape index (κ3) is 2.03. The Morgan fingerprint density at radius 3 is 2.53 bits per heavy atom. The van der Waals surface area contributed by atoms with Crippen LogP contribution in [0, 0.1) is 0 Å². The molecule has 8 nitrogen and oxygen atoms in total. The molecule has 102 valence electrons. The van der Waals surface area contributed by atoms with E-state index >= 15 is 0 Å². The van der Waals surface area contributed by atoms with Gasteiger partial charge in [0, 0.05) is 27.1 Å². The molecule has 1 amide bonds. The van der Waals surface area contributed by atoms with Gasteiger partial charge in [-0.05, 0) is 11.6 Å². The Morgan fingerprint density at radius 1 is 1.32 bits per heavy atom. The number of rotatable bonds is 3. The quantitative estimate of drug-likeness (QED) is 0.727. The standard InChI is InChI=1S/C10H12ClN5O3/c1-14-7-6(8(18)15(2)10(14)19)16(9(11)13-7)4-3-5(12)17/h3-4H2,1-2H3,(H2,12,17). The Morgan fingerprint density at radius 2 is 1.95 bits per heavy atom. The highest BCUT2D eigenvalue weighted by Crippen LogP contribution is 2.15. The number of fused-ring (bicyclic) bond motifs is 1. The van der Waals surface area contributed by atoms with E-state index in [1.807, 2.05) is 0 Å². The molecule has 0 aliphatic carbocycles. The summed E-state index contributed by atoms with van der Waals surface area (Å²) in [5.74, 6) is -0.514. The molecule has 0 aliphatic heterocycles. The predicted molar refractivity (Wildman–Crippen MR) is 69.0 cm³/mol. The van der Waals surface area contributed by atoms with Crippen molar-refractivity contribution in [3.63, 3.8) is 0 Å². The summed E-state index contributed by atoms with van der Waals surface area (Å²) in [6.45, 7) is 0.137. The Kier molecular flexibility index (Phi) is 3.19. The van der Waals surface area contributed by atoms with Crippen LogP contribution in [-0.4, -0.2) is 24.6 Å². The minimum absolute atomic E-state index is 0.0250. The van der Waals surface area contributed by atoms with Gasteiger partial charge in [0.2, 0.25) is 11.2 Å². The van der Waals surface area contributed by atoms with Crippen molar-refractivity contribution in [2.45, 2.75) is 13.0 Å². The topological polar surface area (TPSA) is 105 Å². The normalized spacial score (nSPS) is 11.1. The predicted octanol–water partition coefficient (Wildman–Crippen LogP) is -1.04. The molecule has 19 heavy (non-hydrogen) atoms. The minimum Gasteiger partial charge on any atom is -0.370 e. The average molecular weight is 286 g/mol. The van der Waals surface area contributed by atoms with Gasteiger partial charge in [-0.25, -0.2) is 4.79 Å². The zero-order chi connectivity index (χ0) is 14.3. The molecule has 2 rings (SSSR count). The summed E-state index contributed by atoms with van der Waals surface area (Å²) in [6.07, 6.45) is 0.0250. The van der Waals surface area contributed by atoms with Crippen LogP contribution in [0.25, 0.3) is 11.2 Å². The molecule has 0 saturated heterocycles. The van der Waals surface area contributed by atoms with Gasteiger partial charge in [0.25, 0.3) is 5.56 Å². The summed E-state index contributed by atoms with van der Waals surface area (Å²) in [5.41, 5.74) is 4.43. The number of hydrogen-bond donors (Lipinski definition) is 1. The lowest BCUT2D eigenvalue weighted by atomic mass is 10.4. The lowest BCUT2D eigenvalue weighted by molar-refractivity contribution is -0.118. The molecule has 2 aromatic heterocycles. The van der Waals surface area contributed by atoms with Crippen LogP contribution in [0.2, 0.25) is 5.28 Å². The maximum absolute atomic E-state index is 12.1. The molecule has 0 fully saturated rings. The Labute approximate surface area is 112 Å². The van der Waals surface area contributed by atoms with Crippen LogP contribution >= 0.6 is 11.6 Å². The zero-order valence-electron chi connectivity index (χ0n) is 10.4. The van der Waals surface area contributed by atoms with E-state index in [1.165, 1.54) is 23.2 Å². The van der Waals surface area contributed by atoms with E-state index in [1.54, 1.807) is 0 Å². The van der Waals surface area contributed by atoms with Gasteiger partial charge in [-0.3, -0.25) is 18.7 Å². The first kappa shape index (κ1) is 13.3. The molecule has 0 aliphatic rings. The number of carbonyl (C=O) groups is 1. The van der Waals surface area contributed by atoms with Crippen molar-refractivity contribution in [3.8, 4) is 0 Å². The Hall–Kier alpha value is -2.09. The van der Waals surface area contributed by atoms with Crippen molar-refractivity contribution in [2.24, 2.45) is 19.8 Å². The molecule has 2 heterocycles. The highest BCUT2D eigenvalue weighted by Gasteiger charge is 2.18. The van der Waals surface area contributed by atoms with Crippen LogP contribution in [0.3, 0.4) is 0 Å². The Balaban J connectivity index is 2.80. The van der Waals surface area contributed by atoms with E-state index in [9.17, 15) is 14.4 Å². The number of carbonyl (C=O) groups excluding carboxylic acids is 1. The summed E-state index contributed by atoms with van der Waals surface area (Å²) >= 11 is 5.94. The molecular weight excluding hydrogens is 274 g/mol. The fourth-order valence-corrected chi connectivity index (χ4v) is 2.10. The summed E-state index contributed by atoms with van der Waals surface area (Å²) in [5, 5.41) is 0.0366. The SMILES string of the molecule is Cn1c(=O)c2c(nc(Cl)n2CCC(N)=O)n(C)c1=O. The number of primary amides is 1. The highest BCUT2D eigenvalue weighted by atomic mass is 35.5. The summed E-state index contributed by atoms with van der Waals surface area (Å²) < 4.78 is 3.56. The maximum atomic E-state index is 12.1. The van der Waals surface area contributed by atoms with E-state index in [4.69, 9.17) is 17.3 Å². The van der Waals surface area contributed by atoms with Crippen LogP contribution in [0.15, 0.2) is 9.59 Å². The van der Waals surface area contributed by atoms with E-state index in [-0.39, 0.29) is 29.4 Å². The van der Waals surface area contributed by atoms with Gasteiger partial charge < -0.3 is 10.3 Å². The van der Waals surface area contributed by atoms with Crippen LogP contribution in [0.5, 0.6) is 0 Å². The molecule has 0 unspecified atom stereocenters. The summed E-state index contributed by atoms with van der Waals surface area (Å²) in [7, 11) is 2.86. The van der Waals surface area contributed by atoms with Gasteiger partial charge in [-0.1, -0.05) is 0 Å². The third-order valence-electron chi connectivity index (χ3n) is 2.88. The monoisotopic (exact) mass is 285 g/mol. The number of halogens is 1. The second kappa shape index (κ2) is 4.54. The van der Waals surface area contributed by atoms with Crippen molar-refractivity contribution < 1.29 is 4.79 Å². The molecule has 9 heteroatoms. The number of nitrogens with zero attached hydrogens (tertiary/aromatic N) is 4. The second-order valence-electron chi connectivity index (χ2n) is 4.13. The summed E-state index contributed by atoms with van der Waals surface area (Å²) in [4.78, 5) is 38.6. The van der Waals surface area contributed by atoms with Gasteiger partial charge >= 0.3 is 5.69 Å². The van der Waals surface area contributed by atoms with Gasteiger partial charge in [0.05, 0.1) is 0 Å². The van der Waals surface area contributed by atoms with Crippen LogP contribution in [0.4, 0.5) is 0 Å². The van der Waals surface area contributed by atoms with Gasteiger partial charge in [-0.15, -0.1) is 0 Å². The number of amides is 1. The summed E-state index contributed by atoms with van der Waals surface area (Å²) in [6, 6.07) is 0. The molecule has 2 aromatic rings. The molecular formula is C10H12ClN5O3. The van der Waals surface area contributed by atoms with Crippen LogP contribution in [0.1, 0.15) is 6.42 Å². The van der Waals surface area contributed by atoms with Crippen LogP contribution < -0.4 is 17.0 Å². The molecule has 0 bridgehead atoms. The fraction of sp³-hybridized carbons (Fsp3) is 0.400. The fourth-order valence-electron chi connectivity index (χ4n) is 1.85. The minimum atomic E-state index is -0.514. The first-order valence-electron chi connectivity index (χ1n) is 5.44. The first-order valence-corrected chi connectivity index (χ1v) is 5.82. The average Bonchev–Trinajstić information content (AvgIpc) is 2.68. The van der Waals surface area contributed by atoms with Crippen molar-refractivity contribution in [2.75, 3.05) is 0 Å². The largest absolute Gasteiger partial charge is 0.370 e. The highest BCUT2D eigenvalue weighted by molar-refractivity contribution is 6.29. The number of aryl methyl sites for hydroxylation is 2. The van der Waals surface area contributed by atoms with Crippen molar-refractivity contribution >= 4 is 28.7 Å². The lowest BCUT2D eigenvalue weighted by Crippen LogP contribution is -2.37. The maximum Gasteiger partial charge on any atom is 0.332 e. The first-order chi connectivity index (χ1) is 8.84. The van der Waals surface area contributed by atoms with Gasteiger partial charge in [0.1, 0.15) is 0 Å². The van der Waals surface area contributed by atoms with Crippen molar-refractivity contribution in [1.82, 2.24) is 18.7 Å². The number of imidazole rings is 1. The van der Waals surface area contributed by atoms with E-state index in [0.717, 1.165) is 4.57 Å². The van der Waals surface area contributed by atoms with Crippen molar-refractivity contribution in [1.29, 1.82) is 0 Å². The van der Waals surface area contributed by atoms with Gasteiger partial charge in [0.15, 0.2) is 11.2 Å². The lowest BCUT2D eigenvalue weighted by Gasteiger charge is -2.06. The Bertz CT molecular complexity index is 785. The smallest absolute Gasteiger partial charge is 0.332 e. The van der Waals surface area contributed by atoms with E-state index in [2.05, 4.69) is 4.98 Å². The molecule has 0 atom stereocenters. The van der Waals surface area contributed by atoms with E-state index < -0.39 is 17.2 Å². The number of aromatic nitrogens is 4. The third-order valence-corrected chi connectivity index (χ3v) is 3.17. The number of hydrogen-bond acceptors (Lipinski definition) is 4. The second-order valence-corrected chi connectivity index (χ2v) is 4.46. The van der Waals surface area contributed by atoms with Crippen LogP contribution in [-0.2, 0) is 25.4 Å². The van der Waals surface area contributed by atoms with Gasteiger partial charge in [-0.2, -0.15) is 4.98 Å².